The molecule has 19 heavy (non-hydrogen) atoms. The average molecular weight is 265 g/mol. The first-order chi connectivity index (χ1) is 9.10. The summed E-state index contributed by atoms with van der Waals surface area (Å²) in [6.07, 6.45) is 5.40. The van der Waals surface area contributed by atoms with Gasteiger partial charge >= 0.3 is 5.97 Å². The second-order valence-corrected chi connectivity index (χ2v) is 5.41. The molecule has 0 radical (unpaired) electrons. The summed E-state index contributed by atoms with van der Waals surface area (Å²) in [5.41, 5.74) is 1.04. The zero-order valence-corrected chi connectivity index (χ0v) is 11.7. The van der Waals surface area contributed by atoms with E-state index in [0.29, 0.717) is 6.04 Å². The van der Waals surface area contributed by atoms with Gasteiger partial charge in [-0.1, -0.05) is 6.92 Å². The zero-order chi connectivity index (χ0) is 13.8. The Labute approximate surface area is 114 Å². The Balaban J connectivity index is 1.96. The lowest BCUT2D eigenvalue weighted by Crippen LogP contribution is -2.31. The molecule has 5 heteroatoms. The van der Waals surface area contributed by atoms with E-state index in [2.05, 4.69) is 23.8 Å². The summed E-state index contributed by atoms with van der Waals surface area (Å²) >= 11 is 0. The molecule has 1 aliphatic heterocycles. The van der Waals surface area contributed by atoms with Crippen LogP contribution < -0.4 is 0 Å². The minimum Gasteiger partial charge on any atom is -0.481 e. The minimum absolute atomic E-state index is 0.172. The molecule has 5 nitrogen and oxygen atoms in total. The van der Waals surface area contributed by atoms with Crippen molar-refractivity contribution >= 4 is 5.97 Å². The largest absolute Gasteiger partial charge is 0.481 e. The molecule has 0 saturated carbocycles. The van der Waals surface area contributed by atoms with Crippen molar-refractivity contribution in [3.63, 3.8) is 0 Å². The molecule has 0 spiro atoms. The lowest BCUT2D eigenvalue weighted by Gasteiger charge is -2.22. The molecule has 1 aliphatic rings. The van der Waals surface area contributed by atoms with Gasteiger partial charge in [0.2, 0.25) is 0 Å². The molecular formula is C14H23N3O2. The van der Waals surface area contributed by atoms with Gasteiger partial charge in [-0.25, -0.2) is 0 Å². The Morgan fingerprint density at radius 3 is 3.11 bits per heavy atom. The average Bonchev–Trinajstić information content (AvgIpc) is 2.99. The Bertz CT molecular complexity index is 430. The topological polar surface area (TPSA) is 58.4 Å². The molecular weight excluding hydrogens is 242 g/mol. The third-order valence-corrected chi connectivity index (χ3v) is 3.98. The molecule has 2 rings (SSSR count). The summed E-state index contributed by atoms with van der Waals surface area (Å²) in [4.78, 5) is 13.1. The van der Waals surface area contributed by atoms with Crippen LogP contribution in [0.5, 0.6) is 0 Å². The highest BCUT2D eigenvalue weighted by Gasteiger charge is 2.27. The first-order valence-corrected chi connectivity index (χ1v) is 7.10. The molecule has 1 N–H and O–H groups in total. The van der Waals surface area contributed by atoms with Crippen molar-refractivity contribution in [2.45, 2.75) is 58.2 Å². The SMILES string of the molecule is CCC(C)n1ccc(CN2CCCC2CC(=O)O)n1. The number of aliphatic carboxylic acids is 1. The van der Waals surface area contributed by atoms with E-state index in [-0.39, 0.29) is 12.5 Å². The van der Waals surface area contributed by atoms with Crippen molar-refractivity contribution < 1.29 is 9.90 Å². The van der Waals surface area contributed by atoms with Crippen LogP contribution in [0.1, 0.15) is 51.3 Å². The molecule has 0 amide bonds. The van der Waals surface area contributed by atoms with Crippen molar-refractivity contribution in [2.24, 2.45) is 0 Å². The van der Waals surface area contributed by atoms with Crippen molar-refractivity contribution in [3.8, 4) is 0 Å². The van der Waals surface area contributed by atoms with Crippen LogP contribution in [0.4, 0.5) is 0 Å². The standard InChI is InChI=1S/C14H23N3O2/c1-3-11(2)17-8-6-12(15-17)10-16-7-4-5-13(16)9-14(18)19/h6,8,11,13H,3-5,7,9-10H2,1-2H3,(H,18,19). The van der Waals surface area contributed by atoms with Crippen LogP contribution in [-0.4, -0.2) is 38.3 Å². The van der Waals surface area contributed by atoms with Crippen LogP contribution in [0.3, 0.4) is 0 Å². The minimum atomic E-state index is -0.706. The first kappa shape index (κ1) is 14.1. The molecule has 0 aliphatic carbocycles. The number of carboxylic acids is 1. The van der Waals surface area contributed by atoms with Gasteiger partial charge < -0.3 is 5.11 Å². The van der Waals surface area contributed by atoms with E-state index in [0.717, 1.165) is 38.0 Å². The van der Waals surface area contributed by atoms with Crippen LogP contribution in [0, 0.1) is 0 Å². The van der Waals surface area contributed by atoms with Gasteiger partial charge in [-0.3, -0.25) is 14.4 Å². The first-order valence-electron chi connectivity index (χ1n) is 7.10. The third kappa shape index (κ3) is 3.56. The monoisotopic (exact) mass is 265 g/mol. The fourth-order valence-corrected chi connectivity index (χ4v) is 2.64. The zero-order valence-electron chi connectivity index (χ0n) is 11.7. The molecule has 1 fully saturated rings. The van der Waals surface area contributed by atoms with E-state index in [9.17, 15) is 4.79 Å². The Morgan fingerprint density at radius 2 is 2.42 bits per heavy atom. The van der Waals surface area contributed by atoms with Gasteiger partial charge in [-0.05, 0) is 38.8 Å². The molecule has 2 atom stereocenters. The fourth-order valence-electron chi connectivity index (χ4n) is 2.64. The fraction of sp³-hybridized carbons (Fsp3) is 0.714. The van der Waals surface area contributed by atoms with Crippen molar-refractivity contribution in [3.05, 3.63) is 18.0 Å². The lowest BCUT2D eigenvalue weighted by molar-refractivity contribution is -0.138. The van der Waals surface area contributed by atoms with Gasteiger partial charge in [0.1, 0.15) is 0 Å². The maximum Gasteiger partial charge on any atom is 0.304 e. The summed E-state index contributed by atoms with van der Waals surface area (Å²) in [5, 5.41) is 13.5. The molecule has 1 aromatic heterocycles. The molecule has 2 heterocycles. The molecule has 106 valence electrons. The number of likely N-dealkylation sites (tertiary alicyclic amines) is 1. The van der Waals surface area contributed by atoms with E-state index in [4.69, 9.17) is 5.11 Å². The van der Waals surface area contributed by atoms with Crippen LogP contribution in [0.2, 0.25) is 0 Å². The van der Waals surface area contributed by atoms with Crippen LogP contribution in [-0.2, 0) is 11.3 Å². The highest BCUT2D eigenvalue weighted by Crippen LogP contribution is 2.22. The van der Waals surface area contributed by atoms with E-state index < -0.39 is 5.97 Å². The molecule has 1 aromatic rings. The third-order valence-electron chi connectivity index (χ3n) is 3.98. The highest BCUT2D eigenvalue weighted by atomic mass is 16.4. The number of hydrogen-bond acceptors (Lipinski definition) is 3. The molecule has 1 saturated heterocycles. The van der Waals surface area contributed by atoms with Crippen molar-refractivity contribution in [1.82, 2.24) is 14.7 Å². The van der Waals surface area contributed by atoms with Gasteiger partial charge in [0.05, 0.1) is 12.1 Å². The number of carbonyl (C=O) groups is 1. The lowest BCUT2D eigenvalue weighted by atomic mass is 10.1. The molecule has 0 aromatic carbocycles. The van der Waals surface area contributed by atoms with Gasteiger partial charge in [-0.15, -0.1) is 0 Å². The van der Waals surface area contributed by atoms with E-state index in [1.165, 1.54) is 0 Å². The van der Waals surface area contributed by atoms with Gasteiger partial charge in [0.25, 0.3) is 0 Å². The summed E-state index contributed by atoms with van der Waals surface area (Å²) < 4.78 is 2.00. The van der Waals surface area contributed by atoms with Gasteiger partial charge in [0.15, 0.2) is 0 Å². The van der Waals surface area contributed by atoms with Gasteiger partial charge in [0, 0.05) is 24.8 Å². The number of rotatable bonds is 6. The summed E-state index contributed by atoms with van der Waals surface area (Å²) in [6.45, 7) is 6.05. The van der Waals surface area contributed by atoms with Gasteiger partial charge in [-0.2, -0.15) is 5.10 Å². The van der Waals surface area contributed by atoms with Crippen LogP contribution in [0.15, 0.2) is 12.3 Å². The maximum absolute atomic E-state index is 10.8. The van der Waals surface area contributed by atoms with E-state index in [1.54, 1.807) is 0 Å². The maximum atomic E-state index is 10.8. The van der Waals surface area contributed by atoms with Crippen molar-refractivity contribution in [2.75, 3.05) is 6.54 Å². The number of aromatic nitrogens is 2. The quantitative estimate of drug-likeness (QED) is 0.857. The Hall–Kier alpha value is -1.36. The predicted octanol–water partition coefficient (Wildman–Crippen LogP) is 2.29. The number of carboxylic acid groups (broad SMARTS) is 1. The second-order valence-electron chi connectivity index (χ2n) is 5.41. The summed E-state index contributed by atoms with van der Waals surface area (Å²) in [5.74, 6) is -0.706. The normalized spacial score (nSPS) is 21.7. The summed E-state index contributed by atoms with van der Waals surface area (Å²) in [6, 6.07) is 2.64. The predicted molar refractivity (Wildman–Crippen MR) is 72.9 cm³/mol. The van der Waals surface area contributed by atoms with E-state index in [1.807, 2.05) is 16.9 Å². The Morgan fingerprint density at radius 1 is 1.63 bits per heavy atom. The summed E-state index contributed by atoms with van der Waals surface area (Å²) in [7, 11) is 0. The second kappa shape index (κ2) is 6.19. The molecule has 2 unspecified atom stereocenters. The number of hydrogen-bond donors (Lipinski definition) is 1. The van der Waals surface area contributed by atoms with E-state index >= 15 is 0 Å². The smallest absolute Gasteiger partial charge is 0.304 e. The Kier molecular flexibility index (Phi) is 4.58. The van der Waals surface area contributed by atoms with Crippen LogP contribution >= 0.6 is 0 Å². The van der Waals surface area contributed by atoms with Crippen LogP contribution in [0.25, 0.3) is 0 Å². The van der Waals surface area contributed by atoms with Crippen molar-refractivity contribution in [1.29, 1.82) is 0 Å². The number of nitrogens with zero attached hydrogens (tertiary/aromatic N) is 3. The highest BCUT2D eigenvalue weighted by molar-refractivity contribution is 5.67. The molecule has 0 bridgehead atoms.